The van der Waals surface area contributed by atoms with Crippen LogP contribution in [0.5, 0.6) is 0 Å². The Bertz CT molecular complexity index is 820. The minimum absolute atomic E-state index is 0.106. The molecule has 2 atom stereocenters. The van der Waals surface area contributed by atoms with E-state index in [0.29, 0.717) is 5.57 Å². The number of carbonyl (C=O) groups excluding carboxylic acids is 1. The molecule has 0 aromatic carbocycles. The molecule has 0 N–H and O–H groups in total. The van der Waals surface area contributed by atoms with Gasteiger partial charge < -0.3 is 4.74 Å². The molecular formula is C19H14F6O2. The van der Waals surface area contributed by atoms with E-state index in [9.17, 15) is 31.1 Å². The highest BCUT2D eigenvalue weighted by molar-refractivity contribution is 5.76. The summed E-state index contributed by atoms with van der Waals surface area (Å²) in [6.07, 6.45) is -0.392. The van der Waals surface area contributed by atoms with Crippen molar-refractivity contribution < 1.29 is 35.9 Å². The van der Waals surface area contributed by atoms with Gasteiger partial charge in [0.25, 0.3) is 0 Å². The van der Waals surface area contributed by atoms with Crippen LogP contribution in [0, 0.1) is 5.41 Å². The van der Waals surface area contributed by atoms with Crippen LogP contribution in [-0.2, 0) is 9.53 Å². The molecule has 0 amide bonds. The van der Waals surface area contributed by atoms with E-state index in [4.69, 9.17) is 0 Å². The van der Waals surface area contributed by atoms with Crippen LogP contribution in [0.3, 0.4) is 0 Å². The lowest BCUT2D eigenvalue weighted by atomic mass is 9.64. The number of halogens is 6. The molecule has 0 bridgehead atoms. The standard InChI is InChI=1S/C19H14F6O2/c20-18(21,22)16(26)27-15-11-5-10-14(12-6-1-2-7-12)17(15,19(23,24)25)13-8-3-4-9-13/h1-6,8,10-11,15H,7,9H2. The van der Waals surface area contributed by atoms with Gasteiger partial charge in [0.2, 0.25) is 0 Å². The SMILES string of the molecule is O=C(OC1C=CC=C(C2=CC=CC2)C1(C1=CC=CC1)C(F)(F)F)C(F)(F)F. The van der Waals surface area contributed by atoms with Gasteiger partial charge in [-0.25, -0.2) is 4.79 Å². The lowest BCUT2D eigenvalue weighted by Gasteiger charge is -2.45. The van der Waals surface area contributed by atoms with Crippen molar-refractivity contribution in [2.75, 3.05) is 0 Å². The van der Waals surface area contributed by atoms with Crippen molar-refractivity contribution >= 4 is 5.97 Å². The molecule has 0 saturated heterocycles. The molecule has 27 heavy (non-hydrogen) atoms. The van der Waals surface area contributed by atoms with Gasteiger partial charge in [-0.15, -0.1) is 0 Å². The highest BCUT2D eigenvalue weighted by atomic mass is 19.4. The zero-order chi connectivity index (χ0) is 19.9. The molecule has 3 aliphatic carbocycles. The number of rotatable bonds is 3. The average Bonchev–Trinajstić information content (AvgIpc) is 3.26. The second kappa shape index (κ2) is 6.58. The molecule has 0 fully saturated rings. The molecule has 0 aromatic heterocycles. The maximum absolute atomic E-state index is 14.5. The Morgan fingerprint density at radius 2 is 1.63 bits per heavy atom. The fraction of sp³-hybridized carbons (Fsp3) is 0.316. The minimum Gasteiger partial charge on any atom is -0.450 e. The third-order valence-electron chi connectivity index (χ3n) is 4.71. The molecule has 0 saturated carbocycles. The van der Waals surface area contributed by atoms with Gasteiger partial charge in [0.15, 0.2) is 5.41 Å². The molecule has 144 valence electrons. The van der Waals surface area contributed by atoms with Gasteiger partial charge in [0.1, 0.15) is 6.10 Å². The molecule has 8 heteroatoms. The van der Waals surface area contributed by atoms with Crippen molar-refractivity contribution in [2.45, 2.75) is 31.3 Å². The van der Waals surface area contributed by atoms with Gasteiger partial charge in [-0.2, -0.15) is 26.3 Å². The highest BCUT2D eigenvalue weighted by Gasteiger charge is 2.66. The molecule has 0 aromatic rings. The van der Waals surface area contributed by atoms with Crippen molar-refractivity contribution in [3.05, 3.63) is 71.4 Å². The van der Waals surface area contributed by atoms with Crippen molar-refractivity contribution in [1.29, 1.82) is 0 Å². The summed E-state index contributed by atoms with van der Waals surface area (Å²) in [4.78, 5) is 11.4. The lowest BCUT2D eigenvalue weighted by molar-refractivity contribution is -0.238. The van der Waals surface area contributed by atoms with Gasteiger partial charge in [-0.3, -0.25) is 0 Å². The first-order valence-electron chi connectivity index (χ1n) is 8.04. The average molecular weight is 388 g/mol. The van der Waals surface area contributed by atoms with Gasteiger partial charge in [0, 0.05) is 0 Å². The number of ether oxygens (including phenoxy) is 1. The summed E-state index contributed by atoms with van der Waals surface area (Å²) in [6.45, 7) is 0. The number of alkyl halides is 6. The molecule has 0 spiro atoms. The van der Waals surface area contributed by atoms with Crippen LogP contribution in [0.1, 0.15) is 12.8 Å². The topological polar surface area (TPSA) is 26.3 Å². The van der Waals surface area contributed by atoms with Crippen molar-refractivity contribution in [1.82, 2.24) is 0 Å². The highest BCUT2D eigenvalue weighted by Crippen LogP contribution is 2.59. The Balaban J connectivity index is 2.16. The van der Waals surface area contributed by atoms with E-state index in [1.54, 1.807) is 12.2 Å². The van der Waals surface area contributed by atoms with Crippen molar-refractivity contribution in [3.63, 3.8) is 0 Å². The summed E-state index contributed by atoms with van der Waals surface area (Å²) < 4.78 is 85.9. The van der Waals surface area contributed by atoms with E-state index >= 15 is 0 Å². The van der Waals surface area contributed by atoms with Crippen LogP contribution in [0.15, 0.2) is 71.4 Å². The molecule has 2 nitrogen and oxygen atoms in total. The van der Waals surface area contributed by atoms with Gasteiger partial charge in [0.05, 0.1) is 0 Å². The number of hydrogen-bond donors (Lipinski definition) is 0. The summed E-state index contributed by atoms with van der Waals surface area (Å²) >= 11 is 0. The van der Waals surface area contributed by atoms with Crippen LogP contribution in [0.25, 0.3) is 0 Å². The molecule has 0 heterocycles. The minimum atomic E-state index is -5.40. The van der Waals surface area contributed by atoms with E-state index in [1.807, 2.05) is 0 Å². The molecule has 3 aliphatic rings. The third kappa shape index (κ3) is 3.17. The Kier molecular flexibility index (Phi) is 4.69. The number of hydrogen-bond acceptors (Lipinski definition) is 2. The molecule has 2 unspecified atom stereocenters. The van der Waals surface area contributed by atoms with E-state index in [-0.39, 0.29) is 24.0 Å². The number of esters is 1. The lowest BCUT2D eigenvalue weighted by Crippen LogP contribution is -2.53. The zero-order valence-corrected chi connectivity index (χ0v) is 13.8. The Hall–Kier alpha value is -2.51. The van der Waals surface area contributed by atoms with Crippen LogP contribution in [0.2, 0.25) is 0 Å². The second-order valence-corrected chi connectivity index (χ2v) is 6.24. The maximum atomic E-state index is 14.5. The van der Waals surface area contributed by atoms with Crippen LogP contribution >= 0.6 is 0 Å². The van der Waals surface area contributed by atoms with Gasteiger partial charge in [-0.1, -0.05) is 48.6 Å². The summed E-state index contributed by atoms with van der Waals surface area (Å²) in [5.74, 6) is -2.66. The first-order chi connectivity index (χ1) is 12.6. The van der Waals surface area contributed by atoms with Crippen molar-refractivity contribution in [3.8, 4) is 0 Å². The van der Waals surface area contributed by atoms with Crippen molar-refractivity contribution in [2.24, 2.45) is 5.41 Å². The predicted molar refractivity (Wildman–Crippen MR) is 85.3 cm³/mol. The summed E-state index contributed by atoms with van der Waals surface area (Å²) in [6, 6.07) is 0. The normalized spacial score (nSPS) is 27.5. The van der Waals surface area contributed by atoms with Crippen LogP contribution < -0.4 is 0 Å². The van der Waals surface area contributed by atoms with E-state index in [0.717, 1.165) is 6.08 Å². The van der Waals surface area contributed by atoms with Crippen LogP contribution in [-0.4, -0.2) is 24.4 Å². The number of allylic oxidation sites excluding steroid dienone is 9. The summed E-state index contributed by atoms with van der Waals surface area (Å²) in [5.41, 5.74) is -2.95. The van der Waals surface area contributed by atoms with E-state index < -0.39 is 29.8 Å². The van der Waals surface area contributed by atoms with Gasteiger partial charge in [-0.05, 0) is 35.6 Å². The quantitative estimate of drug-likeness (QED) is 0.486. The molecule has 0 aliphatic heterocycles. The fourth-order valence-corrected chi connectivity index (χ4v) is 3.59. The fourth-order valence-electron chi connectivity index (χ4n) is 3.59. The summed E-state index contributed by atoms with van der Waals surface area (Å²) in [5, 5.41) is 0. The third-order valence-corrected chi connectivity index (χ3v) is 4.71. The smallest absolute Gasteiger partial charge is 0.450 e. The summed E-state index contributed by atoms with van der Waals surface area (Å²) in [7, 11) is 0. The predicted octanol–water partition coefficient (Wildman–Crippen LogP) is 5.28. The number of carbonyl (C=O) groups is 1. The monoisotopic (exact) mass is 388 g/mol. The van der Waals surface area contributed by atoms with Gasteiger partial charge >= 0.3 is 18.3 Å². The molecule has 3 rings (SSSR count). The molecular weight excluding hydrogens is 374 g/mol. The largest absolute Gasteiger partial charge is 0.490 e. The second-order valence-electron chi connectivity index (χ2n) is 6.24. The Labute approximate surface area is 150 Å². The Morgan fingerprint density at radius 3 is 2.15 bits per heavy atom. The zero-order valence-electron chi connectivity index (χ0n) is 13.8. The maximum Gasteiger partial charge on any atom is 0.490 e. The first-order valence-corrected chi connectivity index (χ1v) is 8.04. The first kappa shape index (κ1) is 19.3. The van der Waals surface area contributed by atoms with E-state index in [1.165, 1.54) is 36.5 Å². The Morgan fingerprint density at radius 1 is 0.963 bits per heavy atom. The van der Waals surface area contributed by atoms with E-state index in [2.05, 4.69) is 4.74 Å². The molecule has 0 radical (unpaired) electrons. The van der Waals surface area contributed by atoms with Crippen LogP contribution in [0.4, 0.5) is 26.3 Å².